The summed E-state index contributed by atoms with van der Waals surface area (Å²) in [4.78, 5) is 15.5. The zero-order chi connectivity index (χ0) is 20.9. The molecule has 2 heterocycles. The molecule has 1 amide bonds. The molecule has 1 fully saturated rings. The van der Waals surface area contributed by atoms with Crippen LogP contribution in [0, 0.1) is 19.8 Å². The first kappa shape index (κ1) is 20.0. The Balaban J connectivity index is 1.78. The molecule has 152 valence electrons. The van der Waals surface area contributed by atoms with E-state index in [0.717, 1.165) is 22.4 Å². The number of rotatable bonds is 3. The number of benzene rings is 2. The van der Waals surface area contributed by atoms with Gasteiger partial charge in [0.2, 0.25) is 5.91 Å². The Morgan fingerprint density at radius 1 is 1.31 bits per heavy atom. The van der Waals surface area contributed by atoms with E-state index in [1.165, 1.54) is 0 Å². The van der Waals surface area contributed by atoms with Crippen LogP contribution in [0.25, 0.3) is 0 Å². The first-order chi connectivity index (χ1) is 13.7. The minimum absolute atomic E-state index is 0.122. The summed E-state index contributed by atoms with van der Waals surface area (Å²) in [6, 6.07) is 11.1. The average Bonchev–Trinajstić information content (AvgIpc) is 2.64. The third kappa shape index (κ3) is 3.24. The van der Waals surface area contributed by atoms with Crippen LogP contribution in [0.2, 0.25) is 5.02 Å². The van der Waals surface area contributed by atoms with Crippen molar-refractivity contribution in [2.24, 2.45) is 5.92 Å². The smallest absolute Gasteiger partial charge is 0.236 e. The van der Waals surface area contributed by atoms with Gasteiger partial charge in [0.1, 0.15) is 11.7 Å². The minimum atomic E-state index is -0.911. The fourth-order valence-electron chi connectivity index (χ4n) is 4.44. The summed E-state index contributed by atoms with van der Waals surface area (Å²) in [5, 5.41) is 7.62. The third-order valence-electron chi connectivity index (χ3n) is 5.83. The molecular formula is C22H24ClN3O2S. The van der Waals surface area contributed by atoms with Crippen molar-refractivity contribution in [3.05, 3.63) is 58.1 Å². The Morgan fingerprint density at radius 3 is 2.76 bits per heavy atom. The molecule has 0 spiro atoms. The average molecular weight is 430 g/mol. The topological polar surface area (TPSA) is 53.6 Å². The highest BCUT2D eigenvalue weighted by atomic mass is 35.5. The molecule has 2 aliphatic rings. The van der Waals surface area contributed by atoms with Crippen molar-refractivity contribution in [3.8, 4) is 5.75 Å². The summed E-state index contributed by atoms with van der Waals surface area (Å²) in [6.45, 7) is 8.57. The Labute approximate surface area is 181 Å². The number of aryl methyl sites for hydroxylation is 2. The quantitative estimate of drug-likeness (QED) is 0.700. The third-order valence-corrected chi connectivity index (χ3v) is 6.41. The van der Waals surface area contributed by atoms with Gasteiger partial charge in [-0.3, -0.25) is 4.79 Å². The first-order valence-corrected chi connectivity index (χ1v) is 10.5. The van der Waals surface area contributed by atoms with Crippen molar-refractivity contribution in [2.45, 2.75) is 39.5 Å². The summed E-state index contributed by atoms with van der Waals surface area (Å²) >= 11 is 11.8. The van der Waals surface area contributed by atoms with E-state index in [0.29, 0.717) is 22.4 Å². The second kappa shape index (κ2) is 7.18. The van der Waals surface area contributed by atoms with Crippen LogP contribution in [-0.4, -0.2) is 28.2 Å². The monoisotopic (exact) mass is 429 g/mol. The van der Waals surface area contributed by atoms with Gasteiger partial charge in [-0.25, -0.2) is 0 Å². The molecule has 0 aliphatic carbocycles. The molecule has 2 aliphatic heterocycles. The van der Waals surface area contributed by atoms with Gasteiger partial charge in [-0.05, 0) is 69.7 Å². The Hall–Kier alpha value is -2.31. The van der Waals surface area contributed by atoms with Crippen molar-refractivity contribution < 1.29 is 9.53 Å². The molecule has 2 aromatic rings. The lowest BCUT2D eigenvalue weighted by Gasteiger charge is -2.56. The number of thiocarbonyl (C=S) groups is 1. The molecule has 29 heavy (non-hydrogen) atoms. The van der Waals surface area contributed by atoms with Crippen molar-refractivity contribution in [1.29, 1.82) is 0 Å². The van der Waals surface area contributed by atoms with Gasteiger partial charge in [-0.15, -0.1) is 0 Å². The summed E-state index contributed by atoms with van der Waals surface area (Å²) in [5.41, 5.74) is 2.90. The van der Waals surface area contributed by atoms with Crippen LogP contribution in [0.15, 0.2) is 36.4 Å². The fourth-order valence-corrected chi connectivity index (χ4v) is 5.06. The number of anilines is 1. The number of amides is 1. The van der Waals surface area contributed by atoms with Gasteiger partial charge in [0.25, 0.3) is 0 Å². The lowest BCUT2D eigenvalue weighted by atomic mass is 9.78. The van der Waals surface area contributed by atoms with E-state index in [-0.39, 0.29) is 11.9 Å². The van der Waals surface area contributed by atoms with E-state index in [1.54, 1.807) is 6.07 Å². The van der Waals surface area contributed by atoms with Crippen molar-refractivity contribution in [2.75, 3.05) is 11.9 Å². The number of nitrogens with one attached hydrogen (secondary N) is 2. The molecule has 2 aromatic carbocycles. The second-order valence-electron chi connectivity index (χ2n) is 7.80. The molecule has 4 rings (SSSR count). The van der Waals surface area contributed by atoms with Crippen LogP contribution in [0.3, 0.4) is 0 Å². The van der Waals surface area contributed by atoms with Crippen LogP contribution >= 0.6 is 23.8 Å². The molecule has 0 unspecified atom stereocenters. The molecule has 5 nitrogen and oxygen atoms in total. The standard InChI is InChI=1S/C22H24ClN3O2S/c1-5-26-21(29)25-19-15-11-14(23)7-9-17(15)28-22(26,4)18(19)20(27)24-16-8-6-12(2)10-13(16)3/h6-11,18-19H,5H2,1-4H3,(H,24,27)(H,25,29)/t18-,19+,22+/m0/s1. The maximum Gasteiger partial charge on any atom is 0.236 e. The predicted octanol–water partition coefficient (Wildman–Crippen LogP) is 4.57. The number of hydrogen-bond acceptors (Lipinski definition) is 3. The lowest BCUT2D eigenvalue weighted by molar-refractivity contribution is -0.148. The molecule has 0 aromatic heterocycles. The normalized spacial score (nSPS) is 25.0. The van der Waals surface area contributed by atoms with E-state index >= 15 is 0 Å². The molecule has 0 radical (unpaired) electrons. The van der Waals surface area contributed by atoms with E-state index in [1.807, 2.05) is 56.9 Å². The highest BCUT2D eigenvalue weighted by Gasteiger charge is 2.58. The summed E-state index contributed by atoms with van der Waals surface area (Å²) in [5.74, 6) is 0.0651. The number of ether oxygens (including phenoxy) is 1. The van der Waals surface area contributed by atoms with E-state index in [4.69, 9.17) is 28.6 Å². The zero-order valence-corrected chi connectivity index (χ0v) is 18.4. The van der Waals surface area contributed by atoms with Crippen LogP contribution in [-0.2, 0) is 4.79 Å². The maximum absolute atomic E-state index is 13.6. The number of nitrogens with zero attached hydrogens (tertiary/aromatic N) is 1. The number of hydrogen-bond donors (Lipinski definition) is 2. The molecule has 0 saturated carbocycles. The summed E-state index contributed by atoms with van der Waals surface area (Å²) in [7, 11) is 0. The highest BCUT2D eigenvalue weighted by molar-refractivity contribution is 7.80. The lowest BCUT2D eigenvalue weighted by Crippen LogP contribution is -2.71. The van der Waals surface area contributed by atoms with E-state index < -0.39 is 11.6 Å². The highest BCUT2D eigenvalue weighted by Crippen LogP contribution is 2.49. The van der Waals surface area contributed by atoms with Crippen molar-refractivity contribution in [3.63, 3.8) is 0 Å². The minimum Gasteiger partial charge on any atom is -0.467 e. The van der Waals surface area contributed by atoms with Crippen LogP contribution in [0.1, 0.15) is 36.6 Å². The zero-order valence-electron chi connectivity index (χ0n) is 16.9. The fraction of sp³-hybridized carbons (Fsp3) is 0.364. The molecule has 7 heteroatoms. The van der Waals surface area contributed by atoms with Gasteiger partial charge in [0, 0.05) is 22.8 Å². The van der Waals surface area contributed by atoms with Gasteiger partial charge in [0.15, 0.2) is 10.8 Å². The van der Waals surface area contributed by atoms with Gasteiger partial charge < -0.3 is 20.3 Å². The second-order valence-corrected chi connectivity index (χ2v) is 8.62. The SMILES string of the molecule is CCN1C(=S)N[C@@H]2c3cc(Cl)ccc3O[C@]1(C)[C@@H]2C(=O)Nc1ccc(C)cc1C. The van der Waals surface area contributed by atoms with Gasteiger partial charge in [-0.2, -0.15) is 0 Å². The molecule has 2 N–H and O–H groups in total. The molecule has 3 atom stereocenters. The van der Waals surface area contributed by atoms with Crippen molar-refractivity contribution >= 4 is 40.5 Å². The van der Waals surface area contributed by atoms with Crippen LogP contribution in [0.5, 0.6) is 5.75 Å². The van der Waals surface area contributed by atoms with Crippen molar-refractivity contribution in [1.82, 2.24) is 10.2 Å². The van der Waals surface area contributed by atoms with E-state index in [9.17, 15) is 4.79 Å². The molecule has 1 saturated heterocycles. The number of carbonyl (C=O) groups is 1. The van der Waals surface area contributed by atoms with E-state index in [2.05, 4.69) is 16.7 Å². The van der Waals surface area contributed by atoms with Crippen LogP contribution in [0.4, 0.5) is 5.69 Å². The number of halogens is 1. The Morgan fingerprint density at radius 2 is 2.07 bits per heavy atom. The van der Waals surface area contributed by atoms with Gasteiger partial charge >= 0.3 is 0 Å². The summed E-state index contributed by atoms with van der Waals surface area (Å²) < 4.78 is 6.42. The van der Waals surface area contributed by atoms with Gasteiger partial charge in [-0.1, -0.05) is 29.3 Å². The first-order valence-electron chi connectivity index (χ1n) is 9.69. The number of carbonyl (C=O) groups excluding carboxylic acids is 1. The molecular weight excluding hydrogens is 406 g/mol. The Kier molecular flexibility index (Phi) is 4.95. The number of fused-ring (bicyclic) bond motifs is 4. The maximum atomic E-state index is 13.6. The summed E-state index contributed by atoms with van der Waals surface area (Å²) in [6.07, 6.45) is 0. The molecule has 2 bridgehead atoms. The largest absolute Gasteiger partial charge is 0.467 e. The van der Waals surface area contributed by atoms with Crippen LogP contribution < -0.4 is 15.4 Å². The predicted molar refractivity (Wildman–Crippen MR) is 119 cm³/mol. The van der Waals surface area contributed by atoms with Gasteiger partial charge in [0.05, 0.1) is 6.04 Å². The Bertz CT molecular complexity index is 1010.